The van der Waals surface area contributed by atoms with Crippen molar-refractivity contribution in [1.82, 2.24) is 10.3 Å². The van der Waals surface area contributed by atoms with Crippen molar-refractivity contribution in [2.24, 2.45) is 5.92 Å². The number of amides is 1. The number of hydrogen-bond acceptors (Lipinski definition) is 3. The maximum Gasteiger partial charge on any atom is 0.220 e. The van der Waals surface area contributed by atoms with Crippen molar-refractivity contribution in [3.8, 4) is 11.3 Å². The molecule has 1 N–H and O–H groups in total. The lowest BCUT2D eigenvalue weighted by atomic mass is 9.92. The van der Waals surface area contributed by atoms with E-state index in [2.05, 4.69) is 46.6 Å². The number of hydrogen-bond donors (Lipinski definition) is 1. The number of piperidine rings is 1. The molecule has 0 radical (unpaired) electrons. The third-order valence-corrected chi connectivity index (χ3v) is 5.65. The second-order valence-electron chi connectivity index (χ2n) is 7.28. The largest absolute Gasteiger partial charge is 0.369 e. The van der Waals surface area contributed by atoms with Crippen LogP contribution in [0.3, 0.4) is 0 Å². The summed E-state index contributed by atoms with van der Waals surface area (Å²) >= 11 is 0. The van der Waals surface area contributed by atoms with E-state index in [0.717, 1.165) is 36.3 Å². The molecule has 3 heterocycles. The van der Waals surface area contributed by atoms with Gasteiger partial charge < -0.3 is 10.2 Å². The number of para-hydroxylation sites is 1. The van der Waals surface area contributed by atoms with Crippen LogP contribution in [0.15, 0.2) is 60.7 Å². The van der Waals surface area contributed by atoms with Crippen LogP contribution in [0.1, 0.15) is 12.8 Å². The van der Waals surface area contributed by atoms with E-state index in [9.17, 15) is 4.79 Å². The molecule has 130 valence electrons. The Hall–Kier alpha value is -2.88. The predicted octanol–water partition coefficient (Wildman–Crippen LogP) is 3.62. The Morgan fingerprint density at radius 1 is 1.04 bits per heavy atom. The minimum absolute atomic E-state index is 0.200. The van der Waals surface area contributed by atoms with Crippen molar-refractivity contribution in [3.05, 3.63) is 60.7 Å². The molecule has 2 saturated heterocycles. The molecule has 2 fully saturated rings. The predicted molar refractivity (Wildman–Crippen MR) is 104 cm³/mol. The molecule has 4 heteroatoms. The zero-order valence-corrected chi connectivity index (χ0v) is 14.6. The van der Waals surface area contributed by atoms with E-state index in [1.54, 1.807) is 0 Å². The maximum absolute atomic E-state index is 11.8. The van der Waals surface area contributed by atoms with Gasteiger partial charge in [0.05, 0.1) is 11.2 Å². The lowest BCUT2D eigenvalue weighted by molar-refractivity contribution is -0.119. The Kier molecular flexibility index (Phi) is 3.63. The molecule has 5 rings (SSSR count). The van der Waals surface area contributed by atoms with Crippen molar-refractivity contribution in [3.63, 3.8) is 0 Å². The van der Waals surface area contributed by atoms with Gasteiger partial charge in [0.15, 0.2) is 0 Å². The summed E-state index contributed by atoms with van der Waals surface area (Å²) in [5.41, 5.74) is 4.36. The first-order chi connectivity index (χ1) is 12.8. The van der Waals surface area contributed by atoms with Crippen molar-refractivity contribution in [2.45, 2.75) is 18.9 Å². The summed E-state index contributed by atoms with van der Waals surface area (Å²) in [6.45, 7) is 1.86. The number of carbonyl (C=O) groups is 1. The fourth-order valence-corrected chi connectivity index (χ4v) is 4.31. The van der Waals surface area contributed by atoms with Crippen molar-refractivity contribution in [2.75, 3.05) is 18.0 Å². The topological polar surface area (TPSA) is 45.2 Å². The number of nitrogens with zero attached hydrogens (tertiary/aromatic N) is 2. The van der Waals surface area contributed by atoms with E-state index in [-0.39, 0.29) is 11.9 Å². The average Bonchev–Trinajstić information content (AvgIpc) is 3.07. The fourth-order valence-electron chi connectivity index (χ4n) is 4.31. The molecular weight excluding hydrogens is 322 g/mol. The van der Waals surface area contributed by atoms with Crippen molar-refractivity contribution < 1.29 is 4.79 Å². The van der Waals surface area contributed by atoms with Crippen LogP contribution in [0, 0.1) is 5.92 Å². The second kappa shape index (κ2) is 6.13. The molecule has 2 atom stereocenters. The molecular formula is C22H21N3O. The molecule has 26 heavy (non-hydrogen) atoms. The summed E-state index contributed by atoms with van der Waals surface area (Å²) in [7, 11) is 0. The molecule has 0 unspecified atom stereocenters. The summed E-state index contributed by atoms with van der Waals surface area (Å²) in [4.78, 5) is 19.1. The van der Waals surface area contributed by atoms with Gasteiger partial charge in [-0.3, -0.25) is 4.79 Å². The Balaban J connectivity index is 1.59. The second-order valence-corrected chi connectivity index (χ2v) is 7.28. The molecule has 2 aliphatic rings. The molecule has 0 bridgehead atoms. The maximum atomic E-state index is 11.8. The van der Waals surface area contributed by atoms with Crippen LogP contribution in [0.25, 0.3) is 22.2 Å². The number of benzene rings is 2. The minimum Gasteiger partial charge on any atom is -0.369 e. The number of pyridine rings is 1. The summed E-state index contributed by atoms with van der Waals surface area (Å²) < 4.78 is 0. The van der Waals surface area contributed by atoms with Gasteiger partial charge in [-0.05, 0) is 24.5 Å². The molecule has 0 saturated carbocycles. The van der Waals surface area contributed by atoms with Crippen LogP contribution in [0.5, 0.6) is 0 Å². The highest BCUT2D eigenvalue weighted by Gasteiger charge is 2.37. The van der Waals surface area contributed by atoms with Crippen LogP contribution in [-0.2, 0) is 4.79 Å². The van der Waals surface area contributed by atoms with Crippen LogP contribution < -0.4 is 10.2 Å². The minimum atomic E-state index is 0.200. The van der Waals surface area contributed by atoms with Gasteiger partial charge in [-0.2, -0.15) is 0 Å². The van der Waals surface area contributed by atoms with E-state index in [4.69, 9.17) is 4.98 Å². The van der Waals surface area contributed by atoms with Crippen LogP contribution in [0.2, 0.25) is 0 Å². The van der Waals surface area contributed by atoms with E-state index in [0.29, 0.717) is 12.3 Å². The number of rotatable bonds is 2. The van der Waals surface area contributed by atoms with Gasteiger partial charge in [-0.15, -0.1) is 0 Å². The molecule has 0 aliphatic carbocycles. The molecule has 3 aromatic rings. The van der Waals surface area contributed by atoms with Gasteiger partial charge in [0.1, 0.15) is 0 Å². The summed E-state index contributed by atoms with van der Waals surface area (Å²) in [6.07, 6.45) is 1.74. The monoisotopic (exact) mass is 343 g/mol. The number of anilines is 1. The summed E-state index contributed by atoms with van der Waals surface area (Å²) in [6, 6.07) is 21.1. The Morgan fingerprint density at radius 3 is 2.73 bits per heavy atom. The molecule has 4 nitrogen and oxygen atoms in total. The SMILES string of the molecule is O=C1C[C@H]2CCN(c3cc(-c4ccccc4)nc4ccccc34)C[C@H]2N1. The van der Waals surface area contributed by atoms with Gasteiger partial charge in [0.25, 0.3) is 0 Å². The van der Waals surface area contributed by atoms with Crippen LogP contribution >= 0.6 is 0 Å². The summed E-state index contributed by atoms with van der Waals surface area (Å²) in [5.74, 6) is 0.687. The van der Waals surface area contributed by atoms with E-state index < -0.39 is 0 Å². The number of aromatic nitrogens is 1. The third kappa shape index (κ3) is 2.62. The number of fused-ring (bicyclic) bond motifs is 2. The van der Waals surface area contributed by atoms with E-state index >= 15 is 0 Å². The van der Waals surface area contributed by atoms with Gasteiger partial charge >= 0.3 is 0 Å². The normalized spacial score (nSPS) is 22.3. The standard InChI is InChI=1S/C22H21N3O/c26-22-12-16-10-11-25(14-20(16)24-22)21-13-19(15-6-2-1-3-7-15)23-18-9-5-4-8-17(18)21/h1-9,13,16,20H,10-12,14H2,(H,24,26)/t16-,20-/m1/s1. The zero-order chi connectivity index (χ0) is 17.5. The van der Waals surface area contributed by atoms with Gasteiger partial charge in [0.2, 0.25) is 5.91 Å². The lowest BCUT2D eigenvalue weighted by Crippen LogP contribution is -2.47. The highest BCUT2D eigenvalue weighted by Crippen LogP contribution is 2.35. The number of nitrogens with one attached hydrogen (secondary N) is 1. The van der Waals surface area contributed by atoms with E-state index in [1.165, 1.54) is 11.1 Å². The number of carbonyl (C=O) groups excluding carboxylic acids is 1. The molecule has 1 amide bonds. The van der Waals surface area contributed by atoms with Crippen LogP contribution in [0.4, 0.5) is 5.69 Å². The third-order valence-electron chi connectivity index (χ3n) is 5.65. The van der Waals surface area contributed by atoms with Gasteiger partial charge in [-0.1, -0.05) is 48.5 Å². The first-order valence-electron chi connectivity index (χ1n) is 9.27. The van der Waals surface area contributed by atoms with Crippen molar-refractivity contribution in [1.29, 1.82) is 0 Å². The van der Waals surface area contributed by atoms with Crippen molar-refractivity contribution >= 4 is 22.5 Å². The average molecular weight is 343 g/mol. The molecule has 1 aromatic heterocycles. The van der Waals surface area contributed by atoms with E-state index in [1.807, 2.05) is 24.3 Å². The first kappa shape index (κ1) is 15.4. The highest BCUT2D eigenvalue weighted by atomic mass is 16.2. The lowest BCUT2D eigenvalue weighted by Gasteiger charge is -2.36. The van der Waals surface area contributed by atoms with Gasteiger partial charge in [0, 0.05) is 42.2 Å². The molecule has 2 aromatic carbocycles. The highest BCUT2D eigenvalue weighted by molar-refractivity contribution is 5.94. The zero-order valence-electron chi connectivity index (χ0n) is 14.6. The smallest absolute Gasteiger partial charge is 0.220 e. The Labute approximate surface area is 152 Å². The molecule has 2 aliphatic heterocycles. The molecule has 0 spiro atoms. The summed E-state index contributed by atoms with van der Waals surface area (Å²) in [5, 5.41) is 4.33. The van der Waals surface area contributed by atoms with Gasteiger partial charge in [-0.25, -0.2) is 4.98 Å². The Morgan fingerprint density at radius 2 is 1.85 bits per heavy atom. The quantitative estimate of drug-likeness (QED) is 0.773. The fraction of sp³-hybridized carbons (Fsp3) is 0.273. The Bertz CT molecular complexity index is 970. The first-order valence-corrected chi connectivity index (χ1v) is 9.27. The van der Waals surface area contributed by atoms with Crippen LogP contribution in [-0.4, -0.2) is 30.0 Å².